The van der Waals surface area contributed by atoms with E-state index in [9.17, 15) is 14.7 Å². The number of benzene rings is 1. The van der Waals surface area contributed by atoms with Crippen molar-refractivity contribution >= 4 is 23.4 Å². The van der Waals surface area contributed by atoms with Gasteiger partial charge in [0.05, 0.1) is 18.6 Å². The van der Waals surface area contributed by atoms with Crippen LogP contribution in [0.5, 0.6) is 0 Å². The molecule has 6 nitrogen and oxygen atoms in total. The van der Waals surface area contributed by atoms with Crippen molar-refractivity contribution in [2.24, 2.45) is 0 Å². The lowest BCUT2D eigenvalue weighted by atomic mass is 9.89. The molecule has 1 fully saturated rings. The first-order chi connectivity index (χ1) is 11.4. The summed E-state index contributed by atoms with van der Waals surface area (Å²) in [6, 6.07) is 7.26. The maximum atomic E-state index is 12.3. The van der Waals surface area contributed by atoms with E-state index in [1.165, 1.54) is 7.05 Å². The van der Waals surface area contributed by atoms with Crippen molar-refractivity contribution < 1.29 is 19.4 Å². The number of piperidine rings is 1. The molecule has 0 spiro atoms. The van der Waals surface area contributed by atoms with Crippen LogP contribution in [0.15, 0.2) is 24.3 Å². The Morgan fingerprint density at radius 2 is 2.25 bits per heavy atom. The second kappa shape index (κ2) is 8.46. The van der Waals surface area contributed by atoms with Crippen LogP contribution in [0, 0.1) is 0 Å². The molecule has 0 saturated carbocycles. The van der Waals surface area contributed by atoms with Gasteiger partial charge < -0.3 is 20.1 Å². The summed E-state index contributed by atoms with van der Waals surface area (Å²) in [6.07, 6.45) is 1.16. The number of halogens is 1. The first-order valence-electron chi connectivity index (χ1n) is 7.95. The summed E-state index contributed by atoms with van der Waals surface area (Å²) in [5.74, 6) is -0.420. The second-order valence-corrected chi connectivity index (χ2v) is 6.55. The minimum atomic E-state index is -1.17. The zero-order valence-corrected chi connectivity index (χ0v) is 14.5. The largest absolute Gasteiger partial charge is 0.388 e. The predicted molar refractivity (Wildman–Crippen MR) is 90.6 cm³/mol. The highest BCUT2D eigenvalue weighted by atomic mass is 35.5. The molecule has 7 heteroatoms. The Kier molecular flexibility index (Phi) is 6.60. The molecule has 1 aromatic carbocycles. The lowest BCUT2D eigenvalue weighted by molar-refractivity contribution is -0.146. The minimum Gasteiger partial charge on any atom is -0.388 e. The van der Waals surface area contributed by atoms with Gasteiger partial charge >= 0.3 is 0 Å². The van der Waals surface area contributed by atoms with Gasteiger partial charge in [-0.3, -0.25) is 9.59 Å². The van der Waals surface area contributed by atoms with Crippen LogP contribution in [0.25, 0.3) is 0 Å². The number of nitrogens with zero attached hydrogens (tertiary/aromatic N) is 1. The quantitative estimate of drug-likeness (QED) is 0.808. The molecule has 2 amide bonds. The van der Waals surface area contributed by atoms with Crippen LogP contribution in [-0.4, -0.2) is 54.2 Å². The molecule has 1 unspecified atom stereocenters. The van der Waals surface area contributed by atoms with Gasteiger partial charge in [-0.25, -0.2) is 0 Å². The fourth-order valence-electron chi connectivity index (χ4n) is 2.83. The molecular weight excluding hydrogens is 332 g/mol. The summed E-state index contributed by atoms with van der Waals surface area (Å²) in [7, 11) is 1.53. The van der Waals surface area contributed by atoms with Gasteiger partial charge in [-0.1, -0.05) is 23.7 Å². The Balaban J connectivity index is 1.82. The number of hydrogen-bond acceptors (Lipinski definition) is 4. The van der Waals surface area contributed by atoms with Crippen LogP contribution in [0.1, 0.15) is 24.8 Å². The van der Waals surface area contributed by atoms with Gasteiger partial charge in [0, 0.05) is 25.2 Å². The van der Waals surface area contributed by atoms with E-state index in [2.05, 4.69) is 5.32 Å². The van der Waals surface area contributed by atoms with Crippen LogP contribution >= 0.6 is 11.6 Å². The smallest absolute Gasteiger partial charge is 0.248 e. The van der Waals surface area contributed by atoms with Crippen molar-refractivity contribution in [2.45, 2.75) is 31.5 Å². The lowest BCUT2D eigenvalue weighted by Crippen LogP contribution is -2.52. The van der Waals surface area contributed by atoms with E-state index in [-0.39, 0.29) is 31.4 Å². The number of rotatable bonds is 6. The van der Waals surface area contributed by atoms with Crippen molar-refractivity contribution in [2.75, 3.05) is 26.7 Å². The molecule has 1 heterocycles. The number of carbonyl (C=O) groups excluding carboxylic acids is 2. The molecule has 24 heavy (non-hydrogen) atoms. The molecule has 132 valence electrons. The fourth-order valence-corrected chi connectivity index (χ4v) is 3.04. The minimum absolute atomic E-state index is 0.00332. The average molecular weight is 355 g/mol. The van der Waals surface area contributed by atoms with Crippen LogP contribution in [0.4, 0.5) is 0 Å². The van der Waals surface area contributed by atoms with Crippen molar-refractivity contribution in [3.8, 4) is 0 Å². The molecular formula is C17H23ClN2O4. The summed E-state index contributed by atoms with van der Waals surface area (Å²) >= 11 is 5.90. The number of hydrogen-bond donors (Lipinski definition) is 2. The number of likely N-dealkylation sites (tertiary alicyclic amines) is 1. The van der Waals surface area contributed by atoms with Gasteiger partial charge in [0.15, 0.2) is 0 Å². The SMILES string of the molecule is CNC(=O)CC1(O)CCCN(C(=O)COCc2cccc(Cl)c2)C1. The van der Waals surface area contributed by atoms with Gasteiger partial charge in [0.2, 0.25) is 11.8 Å². The first-order valence-corrected chi connectivity index (χ1v) is 8.32. The van der Waals surface area contributed by atoms with Gasteiger partial charge in [0.1, 0.15) is 6.61 Å². The Morgan fingerprint density at radius 1 is 1.46 bits per heavy atom. The zero-order chi connectivity index (χ0) is 17.6. The maximum Gasteiger partial charge on any atom is 0.248 e. The third-order valence-electron chi connectivity index (χ3n) is 4.06. The lowest BCUT2D eigenvalue weighted by Gasteiger charge is -2.38. The molecule has 1 saturated heterocycles. The highest BCUT2D eigenvalue weighted by molar-refractivity contribution is 6.30. The summed E-state index contributed by atoms with van der Waals surface area (Å²) in [4.78, 5) is 25.3. The van der Waals surface area contributed by atoms with Crippen LogP contribution in [0.2, 0.25) is 5.02 Å². The molecule has 1 aromatic rings. The first kappa shape index (κ1) is 18.7. The van der Waals surface area contributed by atoms with Gasteiger partial charge in [0.25, 0.3) is 0 Å². The second-order valence-electron chi connectivity index (χ2n) is 6.12. The van der Waals surface area contributed by atoms with E-state index in [4.69, 9.17) is 16.3 Å². The monoisotopic (exact) mass is 354 g/mol. The van der Waals surface area contributed by atoms with Gasteiger partial charge in [-0.15, -0.1) is 0 Å². The van der Waals surface area contributed by atoms with E-state index in [0.29, 0.717) is 31.0 Å². The van der Waals surface area contributed by atoms with Crippen LogP contribution in [-0.2, 0) is 20.9 Å². The highest BCUT2D eigenvalue weighted by Gasteiger charge is 2.36. The fraction of sp³-hybridized carbons (Fsp3) is 0.529. The third-order valence-corrected chi connectivity index (χ3v) is 4.29. The van der Waals surface area contributed by atoms with Crippen LogP contribution in [0.3, 0.4) is 0 Å². The van der Waals surface area contributed by atoms with Crippen molar-refractivity contribution in [1.29, 1.82) is 0 Å². The van der Waals surface area contributed by atoms with Crippen molar-refractivity contribution in [3.05, 3.63) is 34.9 Å². The maximum absolute atomic E-state index is 12.3. The molecule has 1 atom stereocenters. The van der Waals surface area contributed by atoms with E-state index >= 15 is 0 Å². The van der Waals surface area contributed by atoms with Crippen molar-refractivity contribution in [1.82, 2.24) is 10.2 Å². The van der Waals surface area contributed by atoms with Gasteiger partial charge in [-0.2, -0.15) is 0 Å². The zero-order valence-electron chi connectivity index (χ0n) is 13.8. The molecule has 0 aliphatic carbocycles. The van der Waals surface area contributed by atoms with Crippen LogP contribution < -0.4 is 5.32 Å². The third kappa shape index (κ3) is 5.47. The summed E-state index contributed by atoms with van der Waals surface area (Å²) in [5.41, 5.74) is -0.272. The Labute approximate surface area is 146 Å². The molecule has 1 aliphatic rings. The molecule has 2 rings (SSSR count). The summed E-state index contributed by atoms with van der Waals surface area (Å²) in [5, 5.41) is 13.6. The Bertz CT molecular complexity index is 596. The number of nitrogens with one attached hydrogen (secondary N) is 1. The Morgan fingerprint density at radius 3 is 2.96 bits per heavy atom. The van der Waals surface area contributed by atoms with E-state index in [1.54, 1.807) is 17.0 Å². The summed E-state index contributed by atoms with van der Waals surface area (Å²) < 4.78 is 5.45. The average Bonchev–Trinajstić information content (AvgIpc) is 2.54. The number of carbonyl (C=O) groups is 2. The molecule has 2 N–H and O–H groups in total. The van der Waals surface area contributed by atoms with E-state index < -0.39 is 5.60 Å². The van der Waals surface area contributed by atoms with Gasteiger partial charge in [-0.05, 0) is 30.5 Å². The number of amides is 2. The molecule has 0 bridgehead atoms. The standard InChI is InChI=1S/C17H23ClN2O4/c1-19-15(21)9-17(23)6-3-7-20(12-17)16(22)11-24-10-13-4-2-5-14(18)8-13/h2,4-5,8,23H,3,6-7,9-12H2,1H3,(H,19,21). The van der Waals surface area contributed by atoms with E-state index in [0.717, 1.165) is 5.56 Å². The highest BCUT2D eigenvalue weighted by Crippen LogP contribution is 2.24. The molecule has 0 radical (unpaired) electrons. The molecule has 0 aromatic heterocycles. The number of ether oxygens (including phenoxy) is 1. The number of β-amino-alcohol motifs (C(OH)–C–C–N with tert-alkyl or cyclic N) is 1. The predicted octanol–water partition coefficient (Wildman–Crippen LogP) is 1.35. The Hall–Kier alpha value is -1.63. The summed E-state index contributed by atoms with van der Waals surface area (Å²) in [6.45, 7) is 0.945. The topological polar surface area (TPSA) is 78.9 Å². The van der Waals surface area contributed by atoms with E-state index in [1.807, 2.05) is 12.1 Å². The number of aliphatic hydroxyl groups is 1. The normalized spacial score (nSPS) is 20.7. The van der Waals surface area contributed by atoms with Crippen molar-refractivity contribution in [3.63, 3.8) is 0 Å². The molecule has 1 aliphatic heterocycles.